The summed E-state index contributed by atoms with van der Waals surface area (Å²) in [4.78, 5) is 26.6. The lowest BCUT2D eigenvalue weighted by Crippen LogP contribution is -2.49. The lowest BCUT2D eigenvalue weighted by atomic mass is 9.69. The van der Waals surface area contributed by atoms with Crippen molar-refractivity contribution in [1.29, 1.82) is 0 Å². The molecule has 4 heteroatoms. The van der Waals surface area contributed by atoms with Crippen molar-refractivity contribution in [2.75, 3.05) is 13.1 Å². The molecule has 1 amide bonds. The summed E-state index contributed by atoms with van der Waals surface area (Å²) in [7, 11) is 0. The molecule has 4 nitrogen and oxygen atoms in total. The number of hydrogen-bond donors (Lipinski definition) is 0. The standard InChI is InChI=1S/C16H29NO3/c1-8-9-17-10-11(18)20-13(16(5,6)7)12(14(17)19)15(2,3)4/h12-13H,8-10H2,1-7H3. The first kappa shape index (κ1) is 17.0. The number of cyclic esters (lactones) is 1. The molecule has 0 aromatic carbocycles. The third kappa shape index (κ3) is 3.74. The van der Waals surface area contributed by atoms with Crippen molar-refractivity contribution in [3.8, 4) is 0 Å². The van der Waals surface area contributed by atoms with Crippen molar-refractivity contribution >= 4 is 11.9 Å². The van der Waals surface area contributed by atoms with Crippen molar-refractivity contribution in [3.05, 3.63) is 0 Å². The van der Waals surface area contributed by atoms with E-state index in [9.17, 15) is 9.59 Å². The third-order valence-electron chi connectivity index (χ3n) is 3.74. The number of carbonyl (C=O) groups excluding carboxylic acids is 2. The molecule has 0 aliphatic carbocycles. The molecule has 1 aliphatic rings. The van der Waals surface area contributed by atoms with E-state index in [-0.39, 0.29) is 41.3 Å². The van der Waals surface area contributed by atoms with Gasteiger partial charge < -0.3 is 9.64 Å². The summed E-state index contributed by atoms with van der Waals surface area (Å²) in [6.45, 7) is 14.9. The van der Waals surface area contributed by atoms with E-state index in [0.717, 1.165) is 6.42 Å². The topological polar surface area (TPSA) is 46.6 Å². The Morgan fingerprint density at radius 3 is 2.05 bits per heavy atom. The van der Waals surface area contributed by atoms with E-state index in [1.54, 1.807) is 4.90 Å². The molecule has 0 aromatic heterocycles. The third-order valence-corrected chi connectivity index (χ3v) is 3.74. The Bertz CT molecular complexity index is 376. The van der Waals surface area contributed by atoms with E-state index < -0.39 is 0 Å². The molecule has 1 aliphatic heterocycles. The Labute approximate surface area is 122 Å². The average molecular weight is 283 g/mol. The molecule has 1 rings (SSSR count). The van der Waals surface area contributed by atoms with Gasteiger partial charge in [-0.25, -0.2) is 0 Å². The molecule has 1 saturated heterocycles. The highest BCUT2D eigenvalue weighted by Gasteiger charge is 2.49. The van der Waals surface area contributed by atoms with Crippen molar-refractivity contribution in [1.82, 2.24) is 4.90 Å². The van der Waals surface area contributed by atoms with Crippen LogP contribution in [0.1, 0.15) is 54.9 Å². The fourth-order valence-electron chi connectivity index (χ4n) is 2.77. The fourth-order valence-corrected chi connectivity index (χ4v) is 2.77. The van der Waals surface area contributed by atoms with Crippen molar-refractivity contribution in [2.24, 2.45) is 16.7 Å². The maximum atomic E-state index is 12.9. The fraction of sp³-hybridized carbons (Fsp3) is 0.875. The molecule has 2 atom stereocenters. The average Bonchev–Trinajstić information content (AvgIpc) is 2.35. The number of rotatable bonds is 2. The number of nitrogens with zero attached hydrogens (tertiary/aromatic N) is 1. The summed E-state index contributed by atoms with van der Waals surface area (Å²) in [5.41, 5.74) is -0.503. The van der Waals surface area contributed by atoms with Crippen molar-refractivity contribution < 1.29 is 14.3 Å². The summed E-state index contributed by atoms with van der Waals surface area (Å²) >= 11 is 0. The highest BCUT2D eigenvalue weighted by Crippen LogP contribution is 2.40. The SMILES string of the molecule is CCCN1CC(=O)OC(C(C)(C)C)C(C(C)(C)C)C1=O. The van der Waals surface area contributed by atoms with Crippen molar-refractivity contribution in [3.63, 3.8) is 0 Å². The lowest BCUT2D eigenvalue weighted by Gasteiger charge is -2.41. The van der Waals surface area contributed by atoms with E-state index in [0.29, 0.717) is 6.54 Å². The normalized spacial score (nSPS) is 25.4. The van der Waals surface area contributed by atoms with E-state index in [1.807, 2.05) is 48.5 Å². The second-order valence-corrected chi connectivity index (χ2v) is 7.88. The van der Waals surface area contributed by atoms with Gasteiger partial charge in [-0.2, -0.15) is 0 Å². The van der Waals surface area contributed by atoms with Crippen LogP contribution in [0.15, 0.2) is 0 Å². The van der Waals surface area contributed by atoms with Gasteiger partial charge in [0.05, 0.1) is 5.92 Å². The van der Waals surface area contributed by atoms with E-state index in [4.69, 9.17) is 4.74 Å². The highest BCUT2D eigenvalue weighted by molar-refractivity contribution is 5.87. The predicted octanol–water partition coefficient (Wildman–Crippen LogP) is 2.86. The molecular formula is C16H29NO3. The van der Waals surface area contributed by atoms with Crippen LogP contribution in [-0.4, -0.2) is 36.0 Å². The van der Waals surface area contributed by atoms with E-state index in [1.165, 1.54) is 0 Å². The van der Waals surface area contributed by atoms with Gasteiger partial charge in [0.2, 0.25) is 5.91 Å². The first-order valence-corrected chi connectivity index (χ1v) is 7.46. The van der Waals surface area contributed by atoms with Gasteiger partial charge in [-0.3, -0.25) is 9.59 Å². The zero-order valence-electron chi connectivity index (χ0n) is 13.9. The number of ether oxygens (including phenoxy) is 1. The number of amides is 1. The molecule has 1 heterocycles. The molecule has 2 unspecified atom stereocenters. The molecule has 0 radical (unpaired) electrons. The number of carbonyl (C=O) groups is 2. The summed E-state index contributed by atoms with van der Waals surface area (Å²) in [5, 5.41) is 0. The van der Waals surface area contributed by atoms with Crippen LogP contribution in [0.3, 0.4) is 0 Å². The zero-order valence-corrected chi connectivity index (χ0v) is 13.9. The second-order valence-electron chi connectivity index (χ2n) is 7.88. The Morgan fingerprint density at radius 2 is 1.65 bits per heavy atom. The van der Waals surface area contributed by atoms with Crippen LogP contribution in [-0.2, 0) is 14.3 Å². The van der Waals surface area contributed by atoms with Crippen LogP contribution >= 0.6 is 0 Å². The first-order chi connectivity index (χ1) is 8.98. The minimum Gasteiger partial charge on any atom is -0.460 e. The molecule has 0 aromatic rings. The summed E-state index contributed by atoms with van der Waals surface area (Å²) in [5.74, 6) is -0.552. The molecule has 0 N–H and O–H groups in total. The van der Waals surface area contributed by atoms with Crippen LogP contribution in [0.25, 0.3) is 0 Å². The highest BCUT2D eigenvalue weighted by atomic mass is 16.5. The minimum absolute atomic E-state index is 0.0464. The van der Waals surface area contributed by atoms with Gasteiger partial charge in [-0.05, 0) is 17.3 Å². The molecule has 0 spiro atoms. The lowest BCUT2D eigenvalue weighted by molar-refractivity contribution is -0.160. The van der Waals surface area contributed by atoms with Gasteiger partial charge in [-0.15, -0.1) is 0 Å². The molecule has 20 heavy (non-hydrogen) atoms. The Balaban J connectivity index is 3.24. The molecule has 1 fully saturated rings. The summed E-state index contributed by atoms with van der Waals surface area (Å²) in [6, 6.07) is 0. The summed E-state index contributed by atoms with van der Waals surface area (Å²) in [6.07, 6.45) is 0.458. The zero-order chi connectivity index (χ0) is 15.7. The van der Waals surface area contributed by atoms with Crippen LogP contribution in [0.4, 0.5) is 0 Å². The van der Waals surface area contributed by atoms with Gasteiger partial charge in [0.25, 0.3) is 0 Å². The Kier molecular flexibility index (Phi) is 4.88. The molecule has 0 bridgehead atoms. The van der Waals surface area contributed by atoms with Crippen LogP contribution in [0.5, 0.6) is 0 Å². The number of hydrogen-bond acceptors (Lipinski definition) is 3. The van der Waals surface area contributed by atoms with Gasteiger partial charge >= 0.3 is 5.97 Å². The smallest absolute Gasteiger partial charge is 0.325 e. The number of esters is 1. The van der Waals surface area contributed by atoms with Gasteiger partial charge in [-0.1, -0.05) is 48.5 Å². The maximum Gasteiger partial charge on any atom is 0.325 e. The second kappa shape index (κ2) is 5.74. The van der Waals surface area contributed by atoms with Gasteiger partial charge in [0.15, 0.2) is 0 Å². The summed E-state index contributed by atoms with van der Waals surface area (Å²) < 4.78 is 5.66. The van der Waals surface area contributed by atoms with Crippen LogP contribution in [0, 0.1) is 16.7 Å². The minimum atomic E-state index is -0.385. The Morgan fingerprint density at radius 1 is 1.10 bits per heavy atom. The van der Waals surface area contributed by atoms with Gasteiger partial charge in [0.1, 0.15) is 12.6 Å². The monoisotopic (exact) mass is 283 g/mol. The van der Waals surface area contributed by atoms with E-state index in [2.05, 4.69) is 0 Å². The van der Waals surface area contributed by atoms with Crippen molar-refractivity contribution in [2.45, 2.75) is 61.0 Å². The first-order valence-electron chi connectivity index (χ1n) is 7.46. The maximum absolute atomic E-state index is 12.9. The van der Waals surface area contributed by atoms with Gasteiger partial charge in [0, 0.05) is 6.54 Å². The predicted molar refractivity (Wildman–Crippen MR) is 79.2 cm³/mol. The molecule has 0 saturated carbocycles. The van der Waals surface area contributed by atoms with Crippen LogP contribution < -0.4 is 0 Å². The quantitative estimate of drug-likeness (QED) is 0.732. The molecular weight excluding hydrogens is 254 g/mol. The Hall–Kier alpha value is -1.06. The molecule has 116 valence electrons. The largest absolute Gasteiger partial charge is 0.460 e. The van der Waals surface area contributed by atoms with E-state index >= 15 is 0 Å². The van der Waals surface area contributed by atoms with Crippen LogP contribution in [0.2, 0.25) is 0 Å².